The zero-order chi connectivity index (χ0) is 16.7. The summed E-state index contributed by atoms with van der Waals surface area (Å²) in [5.41, 5.74) is 5.83. The molecule has 3 aliphatic rings. The molecule has 1 aromatic rings. The van der Waals surface area contributed by atoms with Crippen LogP contribution in [0.3, 0.4) is 0 Å². The number of aromatic nitrogens is 2. The summed E-state index contributed by atoms with van der Waals surface area (Å²) in [6.45, 7) is 3.36. The topological polar surface area (TPSA) is 97.7 Å². The van der Waals surface area contributed by atoms with Crippen LogP contribution < -0.4 is 5.73 Å². The van der Waals surface area contributed by atoms with E-state index < -0.39 is 0 Å². The van der Waals surface area contributed by atoms with E-state index in [1.54, 1.807) is 5.06 Å². The van der Waals surface area contributed by atoms with Gasteiger partial charge in [0.15, 0.2) is 0 Å². The fraction of sp³-hybridized carbons (Fsp3) is 0.812. The minimum Gasteiger partial charge on any atom is -0.423 e. The Morgan fingerprint density at radius 2 is 2.08 bits per heavy atom. The third-order valence-electron chi connectivity index (χ3n) is 5.32. The van der Waals surface area contributed by atoms with Crippen LogP contribution in [0.5, 0.6) is 0 Å². The second-order valence-electron chi connectivity index (χ2n) is 7.10. The van der Waals surface area contributed by atoms with Gasteiger partial charge < -0.3 is 15.1 Å². The summed E-state index contributed by atoms with van der Waals surface area (Å²) in [5.74, 6) is 1.49. The number of amides is 2. The lowest BCUT2D eigenvalue weighted by Crippen LogP contribution is -2.35. The first-order valence-electron chi connectivity index (χ1n) is 8.99. The van der Waals surface area contributed by atoms with E-state index in [9.17, 15) is 4.79 Å². The van der Waals surface area contributed by atoms with Crippen LogP contribution in [0, 0.1) is 0 Å². The second-order valence-corrected chi connectivity index (χ2v) is 7.10. The molecule has 0 unspecified atom stereocenters. The van der Waals surface area contributed by atoms with Gasteiger partial charge in [-0.2, -0.15) is 5.06 Å². The van der Waals surface area contributed by atoms with Crippen molar-refractivity contribution in [1.82, 2.24) is 20.2 Å². The van der Waals surface area contributed by atoms with Gasteiger partial charge in [0.05, 0.1) is 12.6 Å². The molecule has 0 aromatic carbocycles. The number of nitrogens with two attached hydrogens (primary N) is 1. The van der Waals surface area contributed by atoms with Crippen molar-refractivity contribution in [3.63, 3.8) is 0 Å². The second kappa shape index (κ2) is 6.33. The zero-order valence-corrected chi connectivity index (χ0v) is 14.1. The molecule has 2 N–H and O–H groups in total. The Bertz CT molecular complexity index is 600. The number of carbonyl (C=O) groups excluding carboxylic acids is 1. The number of piperidine rings is 1. The molecule has 2 aliphatic heterocycles. The molecular formula is C16H25N5O3. The zero-order valence-electron chi connectivity index (χ0n) is 14.1. The van der Waals surface area contributed by atoms with E-state index in [2.05, 4.69) is 17.1 Å². The summed E-state index contributed by atoms with van der Waals surface area (Å²) in [6, 6.07) is 0.167. The van der Waals surface area contributed by atoms with Crippen molar-refractivity contribution in [1.29, 1.82) is 0 Å². The Morgan fingerprint density at radius 1 is 1.29 bits per heavy atom. The van der Waals surface area contributed by atoms with E-state index in [4.69, 9.17) is 15.0 Å². The molecule has 24 heavy (non-hydrogen) atoms. The molecule has 2 bridgehead atoms. The Morgan fingerprint density at radius 3 is 2.83 bits per heavy atom. The van der Waals surface area contributed by atoms with Gasteiger partial charge in [0.1, 0.15) is 6.04 Å². The van der Waals surface area contributed by atoms with Gasteiger partial charge in [-0.15, -0.1) is 10.2 Å². The normalized spacial score (nSPS) is 32.3. The van der Waals surface area contributed by atoms with Crippen molar-refractivity contribution in [3.8, 4) is 0 Å². The third kappa shape index (κ3) is 2.67. The molecule has 4 rings (SSSR count). The predicted octanol–water partition coefficient (Wildman–Crippen LogP) is 1.95. The van der Waals surface area contributed by atoms with Crippen molar-refractivity contribution >= 4 is 6.03 Å². The molecule has 1 aromatic heterocycles. The van der Waals surface area contributed by atoms with Crippen molar-refractivity contribution in [2.24, 2.45) is 5.73 Å². The third-order valence-corrected chi connectivity index (χ3v) is 5.32. The molecule has 3 heterocycles. The van der Waals surface area contributed by atoms with Gasteiger partial charge in [-0.3, -0.25) is 4.84 Å². The van der Waals surface area contributed by atoms with Crippen LogP contribution in [-0.2, 0) is 4.84 Å². The number of unbranched alkanes of at least 4 members (excludes halogenated alkanes) is 1. The Kier molecular flexibility index (Phi) is 4.17. The van der Waals surface area contributed by atoms with Gasteiger partial charge >= 0.3 is 6.03 Å². The van der Waals surface area contributed by atoms with Gasteiger partial charge in [-0.1, -0.05) is 13.3 Å². The van der Waals surface area contributed by atoms with Gasteiger partial charge in [0.2, 0.25) is 11.8 Å². The summed E-state index contributed by atoms with van der Waals surface area (Å²) < 4.78 is 5.88. The van der Waals surface area contributed by atoms with Crippen molar-refractivity contribution in [2.45, 2.75) is 69.5 Å². The summed E-state index contributed by atoms with van der Waals surface area (Å²) in [4.78, 5) is 20.1. The maximum atomic E-state index is 12.6. The first-order valence-corrected chi connectivity index (χ1v) is 8.99. The number of fused-ring (bicyclic) bond motifs is 2. The van der Waals surface area contributed by atoms with E-state index in [0.717, 1.165) is 38.5 Å². The first kappa shape index (κ1) is 15.8. The summed E-state index contributed by atoms with van der Waals surface area (Å²) in [7, 11) is 0. The minimum absolute atomic E-state index is 0.0796. The van der Waals surface area contributed by atoms with Gasteiger partial charge in [-0.25, -0.2) is 4.79 Å². The highest BCUT2D eigenvalue weighted by Gasteiger charge is 2.48. The predicted molar refractivity (Wildman–Crippen MR) is 84.8 cm³/mol. The van der Waals surface area contributed by atoms with Crippen LogP contribution in [0.15, 0.2) is 4.42 Å². The molecule has 0 spiro atoms. The Hall–Kier alpha value is -1.67. The standard InChI is InChI=1S/C16H25N5O3/c1-2-3-6-23-21-12-4-5-13(20(9-12)16(21)22)15-19-18-14(24-15)10-7-11(17)8-10/h10-13H,2-9,17H2,1H3/t10?,11?,12-,13-/m0/s1. The first-order chi connectivity index (χ1) is 11.7. The number of carbonyl (C=O) groups is 1. The van der Waals surface area contributed by atoms with Crippen molar-refractivity contribution < 1.29 is 14.0 Å². The van der Waals surface area contributed by atoms with Crippen LogP contribution in [-0.4, -0.2) is 51.4 Å². The highest BCUT2D eigenvalue weighted by Crippen LogP contribution is 2.40. The van der Waals surface area contributed by atoms with E-state index in [1.807, 2.05) is 4.90 Å². The summed E-state index contributed by atoms with van der Waals surface area (Å²) in [5, 5.41) is 9.94. The van der Waals surface area contributed by atoms with Gasteiger partial charge in [0, 0.05) is 18.5 Å². The Balaban J connectivity index is 1.43. The number of hydroxylamine groups is 2. The van der Waals surface area contributed by atoms with E-state index in [1.165, 1.54) is 0 Å². The molecule has 2 saturated heterocycles. The average molecular weight is 335 g/mol. The lowest BCUT2D eigenvalue weighted by Gasteiger charge is -2.29. The fourth-order valence-electron chi connectivity index (χ4n) is 3.77. The SMILES string of the molecule is CCCCON1C(=O)N2C[C@@H]1CC[C@H]2c1nnc(C2CC(N)C2)o1. The molecule has 2 amide bonds. The maximum absolute atomic E-state index is 12.6. The molecule has 2 atom stereocenters. The lowest BCUT2D eigenvalue weighted by atomic mass is 9.81. The molecule has 8 nitrogen and oxygen atoms in total. The molecule has 1 saturated carbocycles. The Labute approximate surface area is 141 Å². The van der Waals surface area contributed by atoms with E-state index in [-0.39, 0.29) is 30.1 Å². The maximum Gasteiger partial charge on any atom is 0.345 e. The summed E-state index contributed by atoms with van der Waals surface area (Å²) >= 11 is 0. The largest absolute Gasteiger partial charge is 0.423 e. The smallest absolute Gasteiger partial charge is 0.345 e. The molecule has 8 heteroatoms. The average Bonchev–Trinajstić information content (AvgIpc) is 3.12. The molecule has 132 valence electrons. The van der Waals surface area contributed by atoms with E-state index >= 15 is 0 Å². The molecular weight excluding hydrogens is 310 g/mol. The molecule has 0 radical (unpaired) electrons. The van der Waals surface area contributed by atoms with Crippen LogP contribution in [0.2, 0.25) is 0 Å². The minimum atomic E-state index is -0.136. The monoisotopic (exact) mass is 335 g/mol. The van der Waals surface area contributed by atoms with Gasteiger partial charge in [0.25, 0.3) is 0 Å². The van der Waals surface area contributed by atoms with Crippen LogP contribution in [0.4, 0.5) is 4.79 Å². The van der Waals surface area contributed by atoms with E-state index in [0.29, 0.717) is 24.9 Å². The van der Waals surface area contributed by atoms with Crippen LogP contribution in [0.1, 0.15) is 69.2 Å². The van der Waals surface area contributed by atoms with Crippen molar-refractivity contribution in [2.75, 3.05) is 13.2 Å². The fourth-order valence-corrected chi connectivity index (χ4v) is 3.77. The lowest BCUT2D eigenvalue weighted by molar-refractivity contribution is -0.130. The number of hydrogen-bond donors (Lipinski definition) is 1. The highest BCUT2D eigenvalue weighted by atomic mass is 16.7. The molecule has 3 fully saturated rings. The number of hydrogen-bond acceptors (Lipinski definition) is 6. The van der Waals surface area contributed by atoms with Crippen LogP contribution in [0.25, 0.3) is 0 Å². The number of urea groups is 1. The van der Waals surface area contributed by atoms with Crippen LogP contribution >= 0.6 is 0 Å². The highest BCUT2D eigenvalue weighted by molar-refractivity contribution is 5.77. The number of rotatable bonds is 6. The van der Waals surface area contributed by atoms with Gasteiger partial charge in [-0.05, 0) is 32.1 Å². The van der Waals surface area contributed by atoms with Crippen molar-refractivity contribution in [3.05, 3.63) is 11.8 Å². The quantitative estimate of drug-likeness (QED) is 0.798. The number of nitrogens with zero attached hydrogens (tertiary/aromatic N) is 4. The summed E-state index contributed by atoms with van der Waals surface area (Å²) in [6.07, 6.45) is 5.53. The molecule has 1 aliphatic carbocycles.